The van der Waals surface area contributed by atoms with Crippen molar-refractivity contribution in [3.63, 3.8) is 0 Å². The molecule has 1 aromatic carbocycles. The lowest BCUT2D eigenvalue weighted by atomic mass is 10.1. The Bertz CT molecular complexity index is 784. The number of hydrogen-bond donors (Lipinski definition) is 2. The molecule has 0 radical (unpaired) electrons. The molecule has 2 N–H and O–H groups in total. The van der Waals surface area contributed by atoms with E-state index in [1.807, 2.05) is 50.7 Å². The molecule has 2 atom stereocenters. The highest BCUT2D eigenvalue weighted by Gasteiger charge is 2.25. The maximum Gasteiger partial charge on any atom is 0.315 e. The predicted octanol–water partition coefficient (Wildman–Crippen LogP) is 3.74. The minimum Gasteiger partial charge on any atom is -0.331 e. The lowest BCUT2D eigenvalue weighted by Gasteiger charge is -2.19. The third kappa shape index (κ3) is 3.13. The molecule has 0 spiro atoms. The fourth-order valence-corrected chi connectivity index (χ4v) is 3.82. The Hall–Kier alpha value is -2.01. The molecule has 0 unspecified atom stereocenters. The average Bonchev–Trinajstić information content (AvgIpc) is 2.99. The largest absolute Gasteiger partial charge is 0.331 e. The number of amides is 2. The van der Waals surface area contributed by atoms with Gasteiger partial charge in [-0.1, -0.05) is 17.7 Å². The predicted molar refractivity (Wildman–Crippen MR) is 95.3 cm³/mol. The normalized spacial score (nSPS) is 17.5. The molecule has 3 rings (SSSR count). The Morgan fingerprint density at radius 1 is 1.42 bits per heavy atom. The number of halogens is 1. The Kier molecular flexibility index (Phi) is 4.54. The number of aromatic nitrogens is 2. The smallest absolute Gasteiger partial charge is 0.315 e. The molecule has 5 nitrogen and oxygen atoms in total. The third-order valence-corrected chi connectivity index (χ3v) is 5.07. The average molecular weight is 347 g/mol. The van der Waals surface area contributed by atoms with Gasteiger partial charge in [0.2, 0.25) is 0 Å². The number of nitrogens with one attached hydrogen (secondary N) is 2. The van der Waals surface area contributed by atoms with Crippen LogP contribution in [-0.4, -0.2) is 15.8 Å². The highest BCUT2D eigenvalue weighted by molar-refractivity contribution is 6.30. The molecule has 1 aliphatic rings. The van der Waals surface area contributed by atoms with Gasteiger partial charge in [0.1, 0.15) is 0 Å². The summed E-state index contributed by atoms with van der Waals surface area (Å²) in [4.78, 5) is 12.4. The summed E-state index contributed by atoms with van der Waals surface area (Å²) in [5.74, 6) is 0. The third-order valence-electron chi connectivity index (χ3n) is 4.83. The van der Waals surface area contributed by atoms with E-state index < -0.39 is 0 Å². The summed E-state index contributed by atoms with van der Waals surface area (Å²) in [6, 6.07) is 5.67. The van der Waals surface area contributed by atoms with Crippen molar-refractivity contribution >= 4 is 17.6 Å². The second-order valence-corrected chi connectivity index (χ2v) is 6.92. The monoisotopic (exact) mass is 346 g/mol. The van der Waals surface area contributed by atoms with Gasteiger partial charge in [0, 0.05) is 23.3 Å². The first-order valence-corrected chi connectivity index (χ1v) is 8.60. The number of aryl methyl sites for hydroxylation is 3. The van der Waals surface area contributed by atoms with Crippen LogP contribution in [0.25, 0.3) is 0 Å². The number of benzene rings is 1. The van der Waals surface area contributed by atoms with Crippen LogP contribution in [-0.2, 0) is 13.5 Å². The maximum absolute atomic E-state index is 12.4. The van der Waals surface area contributed by atoms with Crippen LogP contribution >= 0.6 is 11.6 Å². The van der Waals surface area contributed by atoms with Crippen molar-refractivity contribution in [2.24, 2.45) is 7.05 Å². The number of carbonyl (C=O) groups excluding carboxylic acids is 1. The number of nitrogens with zero attached hydrogens (tertiary/aromatic N) is 2. The minimum absolute atomic E-state index is 0.0422. The molecule has 0 fully saturated rings. The van der Waals surface area contributed by atoms with Crippen LogP contribution in [0.3, 0.4) is 0 Å². The highest BCUT2D eigenvalue weighted by Crippen LogP contribution is 2.32. The fraction of sp³-hybridized carbons (Fsp3) is 0.444. The van der Waals surface area contributed by atoms with Crippen LogP contribution < -0.4 is 10.6 Å². The van der Waals surface area contributed by atoms with E-state index in [2.05, 4.69) is 15.7 Å². The number of urea groups is 1. The van der Waals surface area contributed by atoms with E-state index in [0.717, 1.165) is 40.4 Å². The summed E-state index contributed by atoms with van der Waals surface area (Å²) >= 11 is 6.04. The summed E-state index contributed by atoms with van der Waals surface area (Å²) in [7, 11) is 1.92. The molecule has 1 heterocycles. The Balaban J connectivity index is 1.67. The van der Waals surface area contributed by atoms with Crippen molar-refractivity contribution in [3.05, 3.63) is 51.3 Å². The van der Waals surface area contributed by atoms with E-state index in [1.54, 1.807) is 0 Å². The van der Waals surface area contributed by atoms with Crippen LogP contribution in [0.15, 0.2) is 18.2 Å². The van der Waals surface area contributed by atoms with Gasteiger partial charge in [0.05, 0.1) is 17.8 Å². The molecular formula is C18H23ClN4O. The quantitative estimate of drug-likeness (QED) is 0.889. The Labute approximate surface area is 147 Å². The molecule has 1 aliphatic carbocycles. The summed E-state index contributed by atoms with van der Waals surface area (Å²) in [5, 5.41) is 11.3. The lowest BCUT2D eigenvalue weighted by Crippen LogP contribution is -2.38. The first-order valence-electron chi connectivity index (χ1n) is 8.22. The van der Waals surface area contributed by atoms with Crippen molar-refractivity contribution in [1.29, 1.82) is 0 Å². The second-order valence-electron chi connectivity index (χ2n) is 6.48. The Morgan fingerprint density at radius 3 is 2.83 bits per heavy atom. The van der Waals surface area contributed by atoms with Crippen LogP contribution in [0.5, 0.6) is 0 Å². The van der Waals surface area contributed by atoms with Gasteiger partial charge in [-0.15, -0.1) is 0 Å². The molecule has 24 heavy (non-hydrogen) atoms. The van der Waals surface area contributed by atoms with Crippen LogP contribution in [0.1, 0.15) is 53.5 Å². The van der Waals surface area contributed by atoms with Gasteiger partial charge in [-0.2, -0.15) is 5.10 Å². The van der Waals surface area contributed by atoms with E-state index >= 15 is 0 Å². The van der Waals surface area contributed by atoms with E-state index in [-0.39, 0.29) is 18.1 Å². The zero-order valence-electron chi connectivity index (χ0n) is 14.5. The van der Waals surface area contributed by atoms with Crippen molar-refractivity contribution in [3.8, 4) is 0 Å². The topological polar surface area (TPSA) is 59.0 Å². The van der Waals surface area contributed by atoms with E-state index in [1.165, 1.54) is 5.56 Å². The molecule has 0 aliphatic heterocycles. The van der Waals surface area contributed by atoms with Crippen LogP contribution in [0.2, 0.25) is 5.02 Å². The number of rotatable bonds is 3. The molecule has 0 saturated carbocycles. The standard InChI is InChI=1S/C18H23ClN4O/c1-10(17-11(2)22-23(4)12(17)3)20-18(24)21-16-8-5-13-9-14(19)6-7-15(13)16/h6-7,9-10,16H,5,8H2,1-4H3,(H2,20,21,24)/t10-,16-/m0/s1. The van der Waals surface area contributed by atoms with Gasteiger partial charge in [-0.25, -0.2) is 4.79 Å². The van der Waals surface area contributed by atoms with Gasteiger partial charge in [0.15, 0.2) is 0 Å². The zero-order chi connectivity index (χ0) is 17.4. The number of fused-ring (bicyclic) bond motifs is 1. The summed E-state index contributed by atoms with van der Waals surface area (Å²) in [6.45, 7) is 5.97. The van der Waals surface area contributed by atoms with Crippen molar-refractivity contribution in [2.75, 3.05) is 0 Å². The maximum atomic E-state index is 12.4. The Morgan fingerprint density at radius 2 is 2.17 bits per heavy atom. The number of hydrogen-bond acceptors (Lipinski definition) is 2. The minimum atomic E-state index is -0.155. The molecule has 0 saturated heterocycles. The van der Waals surface area contributed by atoms with E-state index in [4.69, 9.17) is 11.6 Å². The van der Waals surface area contributed by atoms with Crippen LogP contribution in [0, 0.1) is 13.8 Å². The van der Waals surface area contributed by atoms with E-state index in [0.29, 0.717) is 0 Å². The van der Waals surface area contributed by atoms with Crippen molar-refractivity contribution in [1.82, 2.24) is 20.4 Å². The lowest BCUT2D eigenvalue weighted by molar-refractivity contribution is 0.234. The first kappa shape index (κ1) is 16.8. The van der Waals surface area contributed by atoms with Crippen LogP contribution in [0.4, 0.5) is 4.79 Å². The second kappa shape index (κ2) is 6.48. The molecule has 2 amide bonds. The van der Waals surface area contributed by atoms with Gasteiger partial charge >= 0.3 is 6.03 Å². The molecule has 1 aromatic heterocycles. The highest BCUT2D eigenvalue weighted by atomic mass is 35.5. The molecule has 128 valence electrons. The van der Waals surface area contributed by atoms with Crippen molar-refractivity contribution < 1.29 is 4.79 Å². The SMILES string of the molecule is Cc1nn(C)c(C)c1[C@H](C)NC(=O)N[C@H]1CCc2cc(Cl)ccc21. The first-order chi connectivity index (χ1) is 11.4. The molecule has 2 aromatic rings. The van der Waals surface area contributed by atoms with Gasteiger partial charge in [0.25, 0.3) is 0 Å². The number of carbonyl (C=O) groups is 1. The van der Waals surface area contributed by atoms with Gasteiger partial charge in [-0.3, -0.25) is 4.68 Å². The molecule has 0 bridgehead atoms. The summed E-state index contributed by atoms with van der Waals surface area (Å²) in [5.41, 5.74) is 5.48. The summed E-state index contributed by atoms with van der Waals surface area (Å²) in [6.07, 6.45) is 1.85. The van der Waals surface area contributed by atoms with Gasteiger partial charge < -0.3 is 10.6 Å². The van der Waals surface area contributed by atoms with E-state index in [9.17, 15) is 4.79 Å². The molecule has 6 heteroatoms. The van der Waals surface area contributed by atoms with Gasteiger partial charge in [-0.05, 0) is 56.9 Å². The summed E-state index contributed by atoms with van der Waals surface area (Å²) < 4.78 is 1.84. The fourth-order valence-electron chi connectivity index (χ4n) is 3.62. The van der Waals surface area contributed by atoms with Crippen molar-refractivity contribution in [2.45, 2.75) is 45.7 Å². The molecular weight excluding hydrogens is 324 g/mol. The zero-order valence-corrected chi connectivity index (χ0v) is 15.2.